The molecule has 0 aromatic carbocycles. The van der Waals surface area contributed by atoms with E-state index in [-0.39, 0.29) is 5.92 Å². The zero-order chi connectivity index (χ0) is 14.4. The minimum atomic E-state index is -1.37. The number of hydrogen-bond donors (Lipinski definition) is 2. The maximum Gasteiger partial charge on any atom is 0.408 e. The van der Waals surface area contributed by atoms with Gasteiger partial charge in [0.1, 0.15) is 11.8 Å². The number of primary amides is 1. The Balaban J connectivity index is 2.62. The van der Waals surface area contributed by atoms with Crippen LogP contribution in [-0.4, -0.2) is 39.4 Å². The van der Waals surface area contributed by atoms with E-state index in [0.717, 1.165) is 6.42 Å². The summed E-state index contributed by atoms with van der Waals surface area (Å²) in [5.74, 6) is -1.52. The van der Waals surface area contributed by atoms with E-state index in [2.05, 4.69) is 0 Å². The van der Waals surface area contributed by atoms with Crippen molar-refractivity contribution in [1.82, 2.24) is 4.90 Å². The van der Waals surface area contributed by atoms with Gasteiger partial charge >= 0.3 is 6.09 Å². The Labute approximate surface area is 111 Å². The molecule has 1 saturated carbocycles. The smallest absolute Gasteiger partial charge is 0.408 e. The summed E-state index contributed by atoms with van der Waals surface area (Å²) in [5, 5.41) is 9.53. The summed E-state index contributed by atoms with van der Waals surface area (Å²) in [6, 6.07) is 0. The van der Waals surface area contributed by atoms with Gasteiger partial charge in [0.05, 0.1) is 0 Å². The molecule has 1 saturated heterocycles. The lowest BCUT2D eigenvalue weighted by Gasteiger charge is -2.49. The van der Waals surface area contributed by atoms with E-state index < -0.39 is 29.0 Å². The zero-order valence-corrected chi connectivity index (χ0v) is 11.3. The van der Waals surface area contributed by atoms with Crippen LogP contribution in [0.25, 0.3) is 0 Å². The molecule has 0 radical (unpaired) electrons. The monoisotopic (exact) mass is 268 g/mol. The van der Waals surface area contributed by atoms with E-state index in [1.54, 1.807) is 6.92 Å². The third-order valence-corrected chi connectivity index (χ3v) is 5.01. The van der Waals surface area contributed by atoms with Gasteiger partial charge in [-0.1, -0.05) is 6.92 Å². The van der Waals surface area contributed by atoms with Crippen LogP contribution in [-0.2, 0) is 9.59 Å². The number of nitrogens with zero attached hydrogens (tertiary/aromatic N) is 1. The Kier molecular flexibility index (Phi) is 3.07. The Bertz CT molecular complexity index is 438. The molecule has 2 fully saturated rings. The van der Waals surface area contributed by atoms with Gasteiger partial charge in [-0.3, -0.25) is 9.69 Å². The fourth-order valence-electron chi connectivity index (χ4n) is 4.29. The topological polar surface area (TPSA) is 101 Å². The lowest BCUT2D eigenvalue weighted by atomic mass is 9.71. The number of rotatable bonds is 4. The summed E-state index contributed by atoms with van der Waals surface area (Å²) in [6.45, 7) is 3.61. The third kappa shape index (κ3) is 1.52. The van der Waals surface area contributed by atoms with Crippen molar-refractivity contribution in [3.63, 3.8) is 0 Å². The highest BCUT2D eigenvalue weighted by molar-refractivity contribution is 5.93. The maximum atomic E-state index is 12.1. The van der Waals surface area contributed by atoms with Crippen LogP contribution in [0.1, 0.15) is 39.5 Å². The number of hydrogen-bond acceptors (Lipinski definition) is 3. The summed E-state index contributed by atoms with van der Waals surface area (Å²) >= 11 is 0. The fraction of sp³-hybridized carbons (Fsp3) is 0.769. The molecule has 4 unspecified atom stereocenters. The molecular formula is C13H20N2O4. The summed E-state index contributed by atoms with van der Waals surface area (Å²) in [5.41, 5.74) is 3.61. The number of carbonyl (C=O) groups excluding carboxylic acids is 2. The second kappa shape index (κ2) is 4.21. The molecule has 2 aliphatic rings. The Hall–Kier alpha value is -1.59. The van der Waals surface area contributed by atoms with Gasteiger partial charge in [-0.05, 0) is 38.5 Å². The Morgan fingerprint density at radius 2 is 2.21 bits per heavy atom. The van der Waals surface area contributed by atoms with Gasteiger partial charge in [0.25, 0.3) is 0 Å². The van der Waals surface area contributed by atoms with Crippen LogP contribution >= 0.6 is 0 Å². The lowest BCUT2D eigenvalue weighted by Crippen LogP contribution is -2.68. The van der Waals surface area contributed by atoms with Crippen LogP contribution in [0.3, 0.4) is 0 Å². The molecule has 106 valence electrons. The van der Waals surface area contributed by atoms with E-state index in [0.29, 0.717) is 25.5 Å². The van der Waals surface area contributed by atoms with Crippen molar-refractivity contribution in [1.29, 1.82) is 0 Å². The predicted molar refractivity (Wildman–Crippen MR) is 67.4 cm³/mol. The first kappa shape index (κ1) is 13.8. The SMILES string of the molecule is CCC(C=O)C1(C(N)=O)C2CCC(C)(C2)N1C(=O)O. The minimum Gasteiger partial charge on any atom is -0.465 e. The quantitative estimate of drug-likeness (QED) is 0.742. The van der Waals surface area contributed by atoms with Crippen molar-refractivity contribution in [2.75, 3.05) is 0 Å². The second-order valence-electron chi connectivity index (χ2n) is 5.90. The van der Waals surface area contributed by atoms with Crippen molar-refractivity contribution in [2.45, 2.75) is 50.6 Å². The molecule has 0 aromatic heterocycles. The average Bonchev–Trinajstić information content (AvgIpc) is 2.82. The van der Waals surface area contributed by atoms with Crippen LogP contribution in [0.5, 0.6) is 0 Å². The molecule has 6 heteroatoms. The van der Waals surface area contributed by atoms with Gasteiger partial charge in [0, 0.05) is 11.5 Å². The third-order valence-electron chi connectivity index (χ3n) is 5.01. The highest BCUT2D eigenvalue weighted by Crippen LogP contribution is 2.58. The average molecular weight is 268 g/mol. The Morgan fingerprint density at radius 3 is 2.63 bits per heavy atom. The fourth-order valence-corrected chi connectivity index (χ4v) is 4.29. The maximum absolute atomic E-state index is 12.1. The van der Waals surface area contributed by atoms with Crippen molar-refractivity contribution < 1.29 is 19.5 Å². The van der Waals surface area contributed by atoms with Crippen molar-refractivity contribution >= 4 is 18.3 Å². The van der Waals surface area contributed by atoms with Crippen LogP contribution < -0.4 is 5.73 Å². The van der Waals surface area contributed by atoms with Crippen LogP contribution in [0, 0.1) is 11.8 Å². The molecule has 2 bridgehead atoms. The summed E-state index contributed by atoms with van der Waals surface area (Å²) < 4.78 is 0. The van der Waals surface area contributed by atoms with Gasteiger partial charge < -0.3 is 15.6 Å². The molecule has 19 heavy (non-hydrogen) atoms. The van der Waals surface area contributed by atoms with E-state index in [4.69, 9.17) is 5.73 Å². The molecule has 3 N–H and O–H groups in total. The molecule has 4 atom stereocenters. The molecule has 0 aromatic rings. The first-order chi connectivity index (χ1) is 8.84. The van der Waals surface area contributed by atoms with Crippen molar-refractivity contribution in [3.05, 3.63) is 0 Å². The van der Waals surface area contributed by atoms with Gasteiger partial charge in [-0.15, -0.1) is 0 Å². The van der Waals surface area contributed by atoms with Crippen LogP contribution in [0.2, 0.25) is 0 Å². The molecule has 1 heterocycles. The van der Waals surface area contributed by atoms with Crippen LogP contribution in [0.4, 0.5) is 4.79 Å². The minimum absolute atomic E-state index is 0.152. The molecule has 2 rings (SSSR count). The first-order valence-electron chi connectivity index (χ1n) is 6.63. The van der Waals surface area contributed by atoms with E-state index >= 15 is 0 Å². The van der Waals surface area contributed by atoms with E-state index in [9.17, 15) is 19.5 Å². The molecular weight excluding hydrogens is 248 g/mol. The lowest BCUT2D eigenvalue weighted by molar-refractivity contribution is -0.142. The number of aldehydes is 1. The number of carbonyl (C=O) groups is 3. The number of carboxylic acid groups (broad SMARTS) is 1. The highest BCUT2D eigenvalue weighted by Gasteiger charge is 2.69. The standard InChI is InChI=1S/C13H20N2O4/c1-3-8(7-16)13(10(14)17)9-4-5-12(2,6-9)15(13)11(18)19/h7-9H,3-6H2,1-2H3,(H2,14,17)(H,18,19). The molecule has 6 nitrogen and oxygen atoms in total. The van der Waals surface area contributed by atoms with E-state index in [1.165, 1.54) is 4.90 Å². The van der Waals surface area contributed by atoms with E-state index in [1.807, 2.05) is 6.92 Å². The number of amides is 2. The summed E-state index contributed by atoms with van der Waals surface area (Å²) in [6.07, 6.45) is 1.99. The van der Waals surface area contributed by atoms with Crippen LogP contribution in [0.15, 0.2) is 0 Å². The second-order valence-corrected chi connectivity index (χ2v) is 5.90. The molecule has 0 spiro atoms. The number of nitrogens with two attached hydrogens (primary N) is 1. The summed E-state index contributed by atoms with van der Waals surface area (Å²) in [4.78, 5) is 36.3. The molecule has 1 aliphatic carbocycles. The van der Waals surface area contributed by atoms with Crippen molar-refractivity contribution in [2.24, 2.45) is 17.6 Å². The normalized spacial score (nSPS) is 38.2. The highest BCUT2D eigenvalue weighted by atomic mass is 16.4. The number of likely N-dealkylation sites (tertiary alicyclic amines) is 1. The summed E-state index contributed by atoms with van der Waals surface area (Å²) in [7, 11) is 0. The largest absolute Gasteiger partial charge is 0.465 e. The predicted octanol–water partition coefficient (Wildman–Crippen LogP) is 0.988. The molecule has 2 amide bonds. The number of fused-ring (bicyclic) bond motifs is 2. The first-order valence-corrected chi connectivity index (χ1v) is 6.63. The Morgan fingerprint density at radius 1 is 1.58 bits per heavy atom. The number of piperidine rings is 1. The van der Waals surface area contributed by atoms with Gasteiger partial charge in [0.2, 0.25) is 5.91 Å². The zero-order valence-electron chi connectivity index (χ0n) is 11.3. The van der Waals surface area contributed by atoms with Gasteiger partial charge in [-0.25, -0.2) is 4.79 Å². The molecule has 1 aliphatic heterocycles. The van der Waals surface area contributed by atoms with Gasteiger partial charge in [0.15, 0.2) is 0 Å². The van der Waals surface area contributed by atoms with Crippen molar-refractivity contribution in [3.8, 4) is 0 Å². The van der Waals surface area contributed by atoms with Gasteiger partial charge in [-0.2, -0.15) is 0 Å².